The topological polar surface area (TPSA) is 63.7 Å². The lowest BCUT2D eigenvalue weighted by Crippen LogP contribution is -2.36. The van der Waals surface area contributed by atoms with Crippen molar-refractivity contribution < 1.29 is 17.9 Å². The van der Waals surface area contributed by atoms with Gasteiger partial charge in [-0.05, 0) is 37.6 Å². The minimum Gasteiger partial charge on any atom is -0.462 e. The smallest absolute Gasteiger partial charge is 0.321 e. The normalized spacial score (nSPS) is 11.8. The van der Waals surface area contributed by atoms with Gasteiger partial charge in [0, 0.05) is 11.6 Å². The maximum atomic E-state index is 13.1. The van der Waals surface area contributed by atoms with E-state index in [0.29, 0.717) is 0 Å². The Bertz CT molecular complexity index is 870. The predicted molar refractivity (Wildman–Crippen MR) is 102 cm³/mol. The van der Waals surface area contributed by atoms with Gasteiger partial charge in [0.05, 0.1) is 11.1 Å². The fourth-order valence-corrected chi connectivity index (χ4v) is 4.38. The van der Waals surface area contributed by atoms with Crippen molar-refractivity contribution in [2.45, 2.75) is 31.4 Å². The van der Waals surface area contributed by atoms with Crippen LogP contribution in [0.4, 0.5) is 0 Å². The first-order chi connectivity index (χ1) is 12.2. The number of sulfonamides is 1. The molecule has 5 nitrogen and oxygen atoms in total. The van der Waals surface area contributed by atoms with Gasteiger partial charge in [0.1, 0.15) is 11.4 Å². The fourth-order valence-electron chi connectivity index (χ4n) is 2.27. The number of hydrogen-bond donors (Lipinski definition) is 0. The van der Waals surface area contributed by atoms with Crippen LogP contribution < -0.4 is 0 Å². The first-order valence-corrected chi connectivity index (χ1v) is 10.1. The van der Waals surface area contributed by atoms with Gasteiger partial charge in [-0.15, -0.1) is 0 Å². The molecule has 0 fully saturated rings. The Balaban J connectivity index is 2.40. The average Bonchev–Trinajstić information content (AvgIpc) is 2.56. The Morgan fingerprint density at radius 3 is 2.38 bits per heavy atom. The number of esters is 1. The van der Waals surface area contributed by atoms with Crippen LogP contribution in [0.2, 0.25) is 10.0 Å². The number of hydrogen-bond acceptors (Lipinski definition) is 4. The number of benzene rings is 2. The lowest BCUT2D eigenvalue weighted by atomic mass is 10.2. The monoisotopic (exact) mass is 415 g/mol. The summed E-state index contributed by atoms with van der Waals surface area (Å²) >= 11 is 12.0. The number of carbonyl (C=O) groups is 1. The zero-order chi connectivity index (χ0) is 19.3. The third-order valence-corrected chi connectivity index (χ3v) is 5.89. The van der Waals surface area contributed by atoms with E-state index in [9.17, 15) is 13.2 Å². The van der Waals surface area contributed by atoms with E-state index >= 15 is 0 Å². The molecule has 2 aromatic carbocycles. The Morgan fingerprint density at radius 1 is 1.12 bits per heavy atom. The second kappa shape index (κ2) is 8.86. The molecule has 0 amide bonds. The predicted octanol–water partition coefficient (Wildman–Crippen LogP) is 4.14. The zero-order valence-electron chi connectivity index (χ0n) is 14.4. The molecule has 0 bridgehead atoms. The molecule has 2 aromatic rings. The van der Waals surface area contributed by atoms with Crippen molar-refractivity contribution in [3.63, 3.8) is 0 Å². The SMILES string of the molecule is CC(C)OC(=O)CN(Cc1ccccc1)S(=O)(=O)c1cc(Cl)ccc1Cl. The molecule has 140 valence electrons. The lowest BCUT2D eigenvalue weighted by Gasteiger charge is -2.22. The Morgan fingerprint density at radius 2 is 1.77 bits per heavy atom. The van der Waals surface area contributed by atoms with Gasteiger partial charge in [0.25, 0.3) is 0 Å². The fraction of sp³-hybridized carbons (Fsp3) is 0.278. The van der Waals surface area contributed by atoms with Crippen LogP contribution in [0.25, 0.3) is 0 Å². The van der Waals surface area contributed by atoms with Crippen molar-refractivity contribution in [3.05, 3.63) is 64.1 Å². The van der Waals surface area contributed by atoms with Crippen LogP contribution in [0.15, 0.2) is 53.4 Å². The molecule has 0 N–H and O–H groups in total. The highest BCUT2D eigenvalue weighted by atomic mass is 35.5. The second-order valence-corrected chi connectivity index (χ2v) is 8.62. The summed E-state index contributed by atoms with van der Waals surface area (Å²) in [7, 11) is -4.07. The standard InChI is InChI=1S/C18H19Cl2NO4S/c1-13(2)25-18(22)12-21(11-14-6-4-3-5-7-14)26(23,24)17-10-15(19)8-9-16(17)20/h3-10,13H,11-12H2,1-2H3. The summed E-state index contributed by atoms with van der Waals surface area (Å²) in [5, 5.41) is 0.266. The molecule has 2 rings (SSSR count). The van der Waals surface area contributed by atoms with Crippen LogP contribution in [0.1, 0.15) is 19.4 Å². The number of ether oxygens (including phenoxy) is 1. The summed E-state index contributed by atoms with van der Waals surface area (Å²) in [4.78, 5) is 11.9. The Labute approximate surface area is 163 Å². The van der Waals surface area contributed by atoms with E-state index in [-0.39, 0.29) is 27.6 Å². The quantitative estimate of drug-likeness (QED) is 0.637. The Hall–Kier alpha value is -1.60. The molecule has 0 unspecified atom stereocenters. The minimum atomic E-state index is -4.07. The van der Waals surface area contributed by atoms with Gasteiger partial charge in [-0.25, -0.2) is 8.42 Å². The van der Waals surface area contributed by atoms with Crippen molar-refractivity contribution in [2.24, 2.45) is 0 Å². The van der Waals surface area contributed by atoms with E-state index in [1.54, 1.807) is 38.1 Å². The molecule has 0 aliphatic carbocycles. The van der Waals surface area contributed by atoms with Gasteiger partial charge in [0.2, 0.25) is 10.0 Å². The zero-order valence-corrected chi connectivity index (χ0v) is 16.7. The number of carbonyl (C=O) groups excluding carboxylic acids is 1. The van der Waals surface area contributed by atoms with Gasteiger partial charge < -0.3 is 4.74 Å². The largest absolute Gasteiger partial charge is 0.462 e. The van der Waals surface area contributed by atoms with Gasteiger partial charge in [-0.1, -0.05) is 53.5 Å². The van der Waals surface area contributed by atoms with Gasteiger partial charge in [-0.3, -0.25) is 4.79 Å². The second-order valence-electron chi connectivity index (χ2n) is 5.87. The van der Waals surface area contributed by atoms with Crippen LogP contribution in [-0.4, -0.2) is 31.3 Å². The van der Waals surface area contributed by atoms with E-state index in [1.807, 2.05) is 6.07 Å². The average molecular weight is 416 g/mol. The molecule has 0 saturated heterocycles. The van der Waals surface area contributed by atoms with Crippen LogP contribution >= 0.6 is 23.2 Å². The van der Waals surface area contributed by atoms with Crippen LogP contribution in [0.5, 0.6) is 0 Å². The van der Waals surface area contributed by atoms with Gasteiger partial charge in [0.15, 0.2) is 0 Å². The molecule has 0 aromatic heterocycles. The van der Waals surface area contributed by atoms with E-state index < -0.39 is 22.5 Å². The van der Waals surface area contributed by atoms with Crippen molar-refractivity contribution >= 4 is 39.2 Å². The molecule has 0 aliphatic heterocycles. The Kier molecular flexibility index (Phi) is 7.06. The van der Waals surface area contributed by atoms with Gasteiger partial charge in [-0.2, -0.15) is 4.31 Å². The summed E-state index contributed by atoms with van der Waals surface area (Å²) < 4.78 is 32.3. The molecule has 26 heavy (non-hydrogen) atoms. The molecule has 0 heterocycles. The van der Waals surface area contributed by atoms with Gasteiger partial charge >= 0.3 is 5.97 Å². The maximum absolute atomic E-state index is 13.1. The van der Waals surface area contributed by atoms with E-state index in [0.717, 1.165) is 9.87 Å². The van der Waals surface area contributed by atoms with Crippen LogP contribution in [0.3, 0.4) is 0 Å². The molecular formula is C18H19Cl2NO4S. The summed E-state index contributed by atoms with van der Waals surface area (Å²) in [6, 6.07) is 13.1. The van der Waals surface area contributed by atoms with E-state index in [4.69, 9.17) is 27.9 Å². The van der Waals surface area contributed by atoms with Crippen LogP contribution in [0, 0.1) is 0 Å². The van der Waals surface area contributed by atoms with Crippen molar-refractivity contribution in [2.75, 3.05) is 6.54 Å². The van der Waals surface area contributed by atoms with Crippen LogP contribution in [-0.2, 0) is 26.1 Å². The highest BCUT2D eigenvalue weighted by Gasteiger charge is 2.30. The third-order valence-electron chi connectivity index (χ3n) is 3.39. The molecular weight excluding hydrogens is 397 g/mol. The van der Waals surface area contributed by atoms with Crippen molar-refractivity contribution in [1.82, 2.24) is 4.31 Å². The summed E-state index contributed by atoms with van der Waals surface area (Å²) in [5.41, 5.74) is 0.728. The first kappa shape index (κ1) is 20.7. The van der Waals surface area contributed by atoms with E-state index in [1.165, 1.54) is 18.2 Å². The summed E-state index contributed by atoms with van der Waals surface area (Å²) in [5.74, 6) is -0.641. The van der Waals surface area contributed by atoms with E-state index in [2.05, 4.69) is 0 Å². The molecule has 0 atom stereocenters. The minimum absolute atomic E-state index is 0.000783. The summed E-state index contributed by atoms with van der Waals surface area (Å²) in [6.45, 7) is 2.96. The number of rotatable bonds is 7. The lowest BCUT2D eigenvalue weighted by molar-refractivity contribution is -0.147. The first-order valence-electron chi connectivity index (χ1n) is 7.88. The molecule has 0 saturated carbocycles. The maximum Gasteiger partial charge on any atom is 0.321 e. The number of halogens is 2. The molecule has 0 spiro atoms. The highest BCUT2D eigenvalue weighted by molar-refractivity contribution is 7.89. The highest BCUT2D eigenvalue weighted by Crippen LogP contribution is 2.28. The third kappa shape index (κ3) is 5.45. The molecule has 8 heteroatoms. The molecule has 0 aliphatic rings. The molecule has 0 radical (unpaired) electrons. The number of nitrogens with zero attached hydrogens (tertiary/aromatic N) is 1. The van der Waals surface area contributed by atoms with Crippen molar-refractivity contribution in [3.8, 4) is 0 Å². The van der Waals surface area contributed by atoms with Crippen molar-refractivity contribution in [1.29, 1.82) is 0 Å². The summed E-state index contributed by atoms with van der Waals surface area (Å²) in [6.07, 6.45) is -0.349.